The van der Waals surface area contributed by atoms with Crippen molar-refractivity contribution >= 4 is 11.9 Å². The maximum atomic E-state index is 12.0. The fourth-order valence-corrected chi connectivity index (χ4v) is 3.52. The van der Waals surface area contributed by atoms with Crippen molar-refractivity contribution in [3.05, 3.63) is 0 Å². The van der Waals surface area contributed by atoms with Crippen LogP contribution in [0.1, 0.15) is 32.6 Å². The van der Waals surface area contributed by atoms with Gasteiger partial charge in [-0.15, -0.1) is 0 Å². The molecule has 2 aliphatic carbocycles. The van der Waals surface area contributed by atoms with Crippen molar-refractivity contribution in [1.29, 1.82) is 0 Å². The van der Waals surface area contributed by atoms with Gasteiger partial charge in [0.15, 0.2) is 5.96 Å². The molecule has 1 saturated heterocycles. The number of fused-ring (bicyclic) bond motifs is 3. The van der Waals surface area contributed by atoms with E-state index >= 15 is 0 Å². The molecule has 1 amide bonds. The second kappa shape index (κ2) is 2.97. The molecule has 4 heteroatoms. The monoisotopic (exact) mass is 207 g/mol. The van der Waals surface area contributed by atoms with Gasteiger partial charge in [-0.05, 0) is 44.4 Å². The fraction of sp³-hybridized carbons (Fsp3) is 0.818. The Balaban J connectivity index is 1.88. The van der Waals surface area contributed by atoms with Crippen molar-refractivity contribution in [2.75, 3.05) is 6.54 Å². The van der Waals surface area contributed by atoms with Crippen LogP contribution in [0.15, 0.2) is 4.99 Å². The summed E-state index contributed by atoms with van der Waals surface area (Å²) in [5.41, 5.74) is -0.295. The average molecular weight is 207 g/mol. The number of carbonyl (C=O) groups is 1. The molecule has 2 N–H and O–H groups in total. The molecule has 82 valence electrons. The fourth-order valence-electron chi connectivity index (χ4n) is 3.52. The lowest BCUT2D eigenvalue weighted by Crippen LogP contribution is -2.51. The van der Waals surface area contributed by atoms with Crippen molar-refractivity contribution < 1.29 is 4.79 Å². The number of hydrogen-bond donors (Lipinski definition) is 2. The zero-order chi connectivity index (χ0) is 10.5. The van der Waals surface area contributed by atoms with E-state index in [1.165, 1.54) is 19.3 Å². The molecule has 1 aliphatic heterocycles. The molecular weight excluding hydrogens is 190 g/mol. The number of nitrogens with one attached hydrogen (secondary N) is 2. The minimum atomic E-state index is -0.295. The van der Waals surface area contributed by atoms with Gasteiger partial charge in [0.2, 0.25) is 0 Å². The van der Waals surface area contributed by atoms with E-state index in [1.54, 1.807) is 0 Å². The van der Waals surface area contributed by atoms with E-state index in [4.69, 9.17) is 0 Å². The summed E-state index contributed by atoms with van der Waals surface area (Å²) in [6.45, 7) is 2.69. The van der Waals surface area contributed by atoms with Crippen LogP contribution in [-0.2, 0) is 4.79 Å². The molecule has 0 radical (unpaired) electrons. The average Bonchev–Trinajstić information content (AvgIpc) is 2.84. The summed E-state index contributed by atoms with van der Waals surface area (Å²) in [7, 11) is 0. The lowest BCUT2D eigenvalue weighted by Gasteiger charge is -2.30. The smallest absolute Gasteiger partial charge is 0.252 e. The molecule has 0 aromatic heterocycles. The predicted octanol–water partition coefficient (Wildman–Crippen LogP) is 0.640. The third-order valence-corrected chi connectivity index (χ3v) is 4.14. The third-order valence-electron chi connectivity index (χ3n) is 4.14. The molecule has 2 saturated carbocycles. The van der Waals surface area contributed by atoms with Crippen molar-refractivity contribution in [1.82, 2.24) is 10.6 Å². The molecule has 3 unspecified atom stereocenters. The molecule has 3 aliphatic rings. The van der Waals surface area contributed by atoms with E-state index in [-0.39, 0.29) is 11.4 Å². The molecule has 15 heavy (non-hydrogen) atoms. The highest BCUT2D eigenvalue weighted by atomic mass is 16.2. The number of guanidine groups is 1. The van der Waals surface area contributed by atoms with E-state index in [0.29, 0.717) is 18.4 Å². The molecule has 3 fully saturated rings. The van der Waals surface area contributed by atoms with Crippen LogP contribution in [0.2, 0.25) is 0 Å². The minimum absolute atomic E-state index is 0.155. The van der Waals surface area contributed by atoms with Gasteiger partial charge in [-0.3, -0.25) is 15.1 Å². The molecule has 4 nitrogen and oxygen atoms in total. The summed E-state index contributed by atoms with van der Waals surface area (Å²) < 4.78 is 0. The molecule has 3 atom stereocenters. The van der Waals surface area contributed by atoms with Gasteiger partial charge in [0, 0.05) is 6.54 Å². The van der Waals surface area contributed by atoms with Gasteiger partial charge in [0.25, 0.3) is 5.91 Å². The van der Waals surface area contributed by atoms with Crippen LogP contribution < -0.4 is 10.6 Å². The van der Waals surface area contributed by atoms with Gasteiger partial charge < -0.3 is 5.32 Å². The highest BCUT2D eigenvalue weighted by Crippen LogP contribution is 2.51. The Kier molecular flexibility index (Phi) is 1.82. The van der Waals surface area contributed by atoms with Gasteiger partial charge in [-0.25, -0.2) is 0 Å². The maximum absolute atomic E-state index is 12.0. The third kappa shape index (κ3) is 1.13. The predicted molar refractivity (Wildman–Crippen MR) is 57.4 cm³/mol. The van der Waals surface area contributed by atoms with Crippen molar-refractivity contribution in [2.24, 2.45) is 16.8 Å². The zero-order valence-corrected chi connectivity index (χ0v) is 9.05. The summed E-state index contributed by atoms with van der Waals surface area (Å²) in [6.07, 6.45) is 4.73. The van der Waals surface area contributed by atoms with Crippen LogP contribution in [0.5, 0.6) is 0 Å². The van der Waals surface area contributed by atoms with E-state index in [2.05, 4.69) is 15.6 Å². The maximum Gasteiger partial charge on any atom is 0.252 e. The molecule has 0 aromatic carbocycles. The number of nitrogens with zero attached hydrogens (tertiary/aromatic N) is 1. The van der Waals surface area contributed by atoms with Crippen LogP contribution in [0.3, 0.4) is 0 Å². The first-order valence-electron chi connectivity index (χ1n) is 5.88. The van der Waals surface area contributed by atoms with Gasteiger partial charge in [0.05, 0.1) is 0 Å². The first kappa shape index (κ1) is 9.19. The van der Waals surface area contributed by atoms with E-state index < -0.39 is 0 Å². The van der Waals surface area contributed by atoms with Gasteiger partial charge in [0.1, 0.15) is 5.54 Å². The van der Waals surface area contributed by atoms with Crippen molar-refractivity contribution in [3.8, 4) is 0 Å². The Bertz CT molecular complexity index is 339. The standard InChI is InChI=1S/C11H17N3O/c1-2-12-10-13-9(15)11(14-10)6-7-3-4-8(11)5-7/h7-8H,2-6H2,1H3,(H2,12,13,14,15). The Morgan fingerprint density at radius 1 is 1.53 bits per heavy atom. The Labute approximate surface area is 89.5 Å². The summed E-state index contributed by atoms with van der Waals surface area (Å²) >= 11 is 0. The Morgan fingerprint density at radius 3 is 3.00 bits per heavy atom. The van der Waals surface area contributed by atoms with Gasteiger partial charge >= 0.3 is 0 Å². The molecule has 1 heterocycles. The van der Waals surface area contributed by atoms with E-state index in [1.807, 2.05) is 6.92 Å². The number of hydrogen-bond acceptors (Lipinski definition) is 2. The van der Waals surface area contributed by atoms with Gasteiger partial charge in [-0.2, -0.15) is 0 Å². The van der Waals surface area contributed by atoms with E-state index in [0.717, 1.165) is 12.3 Å². The zero-order valence-electron chi connectivity index (χ0n) is 9.05. The van der Waals surface area contributed by atoms with Crippen LogP contribution in [0.4, 0.5) is 0 Å². The molecule has 2 bridgehead atoms. The quantitative estimate of drug-likeness (QED) is 0.663. The van der Waals surface area contributed by atoms with Crippen LogP contribution in [0, 0.1) is 11.8 Å². The summed E-state index contributed by atoms with van der Waals surface area (Å²) in [6, 6.07) is 0. The molecule has 1 spiro atoms. The van der Waals surface area contributed by atoms with Gasteiger partial charge in [-0.1, -0.05) is 0 Å². The Hall–Kier alpha value is -1.06. The first-order valence-corrected chi connectivity index (χ1v) is 5.88. The highest BCUT2D eigenvalue weighted by molar-refractivity contribution is 6.09. The first-order chi connectivity index (χ1) is 7.24. The normalized spacial score (nSPS) is 45.1. The minimum Gasteiger partial charge on any atom is -0.341 e. The summed E-state index contributed by atoms with van der Waals surface area (Å²) in [4.78, 5) is 16.3. The van der Waals surface area contributed by atoms with Crippen molar-refractivity contribution in [3.63, 3.8) is 0 Å². The topological polar surface area (TPSA) is 53.5 Å². The van der Waals surface area contributed by atoms with Crippen LogP contribution in [-0.4, -0.2) is 24.0 Å². The molecular formula is C11H17N3O. The lowest BCUT2D eigenvalue weighted by atomic mass is 9.81. The Morgan fingerprint density at radius 2 is 2.40 bits per heavy atom. The molecule has 3 rings (SSSR count). The highest BCUT2D eigenvalue weighted by Gasteiger charge is 2.58. The molecule has 0 aromatic rings. The largest absolute Gasteiger partial charge is 0.341 e. The lowest BCUT2D eigenvalue weighted by molar-refractivity contribution is -0.125. The van der Waals surface area contributed by atoms with Crippen LogP contribution in [0.25, 0.3) is 0 Å². The van der Waals surface area contributed by atoms with Crippen molar-refractivity contribution in [2.45, 2.75) is 38.1 Å². The van der Waals surface area contributed by atoms with Crippen LogP contribution >= 0.6 is 0 Å². The second-order valence-corrected chi connectivity index (χ2v) is 4.95. The summed E-state index contributed by atoms with van der Waals surface area (Å²) in [5, 5.41) is 6.21. The number of aliphatic imine (C=N–C) groups is 1. The summed E-state index contributed by atoms with van der Waals surface area (Å²) in [5.74, 6) is 2.14. The number of carbonyl (C=O) groups excluding carboxylic acids is 1. The SMILES string of the molecule is CCN=C1NC(=O)C2(CC3CCC2C3)N1. The second-order valence-electron chi connectivity index (χ2n) is 4.95. The number of amides is 1. The number of rotatable bonds is 1. The van der Waals surface area contributed by atoms with E-state index in [9.17, 15) is 4.79 Å².